The van der Waals surface area contributed by atoms with Crippen molar-refractivity contribution < 1.29 is 22.4 Å². The average Bonchev–Trinajstić information content (AvgIpc) is 2.89. The monoisotopic (exact) mass is 530 g/mol. The first kappa shape index (κ1) is 26.3. The van der Waals surface area contributed by atoms with Gasteiger partial charge in [0.1, 0.15) is 11.5 Å². The van der Waals surface area contributed by atoms with Crippen molar-refractivity contribution >= 4 is 34.9 Å². The number of piperidine rings is 1. The summed E-state index contributed by atoms with van der Waals surface area (Å²) in [4.78, 5) is 14.7. The molecule has 0 atom stereocenters. The van der Waals surface area contributed by atoms with Crippen LogP contribution in [0.15, 0.2) is 72.8 Å². The van der Waals surface area contributed by atoms with Gasteiger partial charge in [-0.05, 0) is 61.4 Å². The Bertz CT molecular complexity index is 1390. The highest BCUT2D eigenvalue weighted by molar-refractivity contribution is 6.00. The van der Waals surface area contributed by atoms with Crippen LogP contribution in [0.1, 0.15) is 28.8 Å². The minimum Gasteiger partial charge on any atom is -0.354 e. The molecule has 0 aliphatic carbocycles. The molecular formula is C27H23ClF4N4O. The lowest BCUT2D eigenvalue weighted by Gasteiger charge is -2.33. The molecule has 1 aliphatic heterocycles. The number of aromatic nitrogens is 2. The first-order valence-corrected chi connectivity index (χ1v) is 11.5. The second kappa shape index (κ2) is 10.7. The van der Waals surface area contributed by atoms with E-state index in [-0.39, 0.29) is 29.8 Å². The van der Waals surface area contributed by atoms with E-state index in [4.69, 9.17) is 0 Å². The van der Waals surface area contributed by atoms with Crippen molar-refractivity contribution in [1.82, 2.24) is 15.5 Å². The Morgan fingerprint density at radius 3 is 2.11 bits per heavy atom. The maximum atomic E-state index is 13.4. The standard InChI is InChI=1S/C27H22F4N4O.ClH/c28-20-11-7-17(8-12-20)24-22-3-1-2-4-23(22)25(34-33-24)35-15-13-21(14-16-35)32-26(36)18-5-9-19(10-6-18)27(29,30)31;/h1-12,21H,13-16H2,(H,32,36);1H. The lowest BCUT2D eigenvalue weighted by molar-refractivity contribution is -0.137. The summed E-state index contributed by atoms with van der Waals surface area (Å²) in [5.41, 5.74) is 0.856. The SMILES string of the molecule is Cl.O=C(NC1CCN(c2nnc(-c3ccc(F)cc3)c3ccccc23)CC1)c1ccc(C(F)(F)F)cc1. The molecule has 4 aromatic rings. The highest BCUT2D eigenvalue weighted by atomic mass is 35.5. The van der Waals surface area contributed by atoms with Gasteiger partial charge in [-0.2, -0.15) is 13.2 Å². The normalized spacial score (nSPS) is 14.3. The van der Waals surface area contributed by atoms with Gasteiger partial charge >= 0.3 is 6.18 Å². The number of benzene rings is 3. The molecule has 1 saturated heterocycles. The molecule has 1 fully saturated rings. The van der Waals surface area contributed by atoms with Crippen LogP contribution < -0.4 is 10.2 Å². The fraction of sp³-hybridized carbons (Fsp3) is 0.222. The number of anilines is 1. The van der Waals surface area contributed by atoms with Gasteiger partial charge in [-0.15, -0.1) is 22.6 Å². The molecule has 1 aromatic heterocycles. The topological polar surface area (TPSA) is 58.1 Å². The fourth-order valence-corrected chi connectivity index (χ4v) is 4.46. The minimum absolute atomic E-state index is 0. The maximum absolute atomic E-state index is 13.4. The Hall–Kier alpha value is -3.72. The number of fused-ring (bicyclic) bond motifs is 1. The number of hydrogen-bond acceptors (Lipinski definition) is 4. The van der Waals surface area contributed by atoms with Crippen LogP contribution >= 0.6 is 12.4 Å². The van der Waals surface area contributed by atoms with E-state index in [9.17, 15) is 22.4 Å². The first-order chi connectivity index (χ1) is 17.3. The highest BCUT2D eigenvalue weighted by Crippen LogP contribution is 2.33. The molecule has 37 heavy (non-hydrogen) atoms. The smallest absolute Gasteiger partial charge is 0.354 e. The van der Waals surface area contributed by atoms with E-state index in [1.54, 1.807) is 12.1 Å². The Balaban J connectivity index is 0.00000320. The summed E-state index contributed by atoms with van der Waals surface area (Å²) >= 11 is 0. The second-order valence-corrected chi connectivity index (χ2v) is 8.73. The number of nitrogens with zero attached hydrogens (tertiary/aromatic N) is 3. The van der Waals surface area contributed by atoms with Gasteiger partial charge in [-0.25, -0.2) is 4.39 Å². The number of rotatable bonds is 4. The quantitative estimate of drug-likeness (QED) is 0.316. The van der Waals surface area contributed by atoms with E-state index < -0.39 is 17.6 Å². The van der Waals surface area contributed by atoms with Crippen LogP contribution in [0.25, 0.3) is 22.0 Å². The summed E-state index contributed by atoms with van der Waals surface area (Å²) in [6.45, 7) is 1.26. The van der Waals surface area contributed by atoms with Gasteiger partial charge in [0, 0.05) is 41.0 Å². The molecule has 192 valence electrons. The van der Waals surface area contributed by atoms with Gasteiger partial charge in [0.2, 0.25) is 0 Å². The minimum atomic E-state index is -4.44. The van der Waals surface area contributed by atoms with Crippen LogP contribution in [0.3, 0.4) is 0 Å². The van der Waals surface area contributed by atoms with E-state index in [0.29, 0.717) is 31.6 Å². The predicted molar refractivity (Wildman–Crippen MR) is 136 cm³/mol. The summed E-state index contributed by atoms with van der Waals surface area (Å²) in [5.74, 6) is 0.0287. The lowest BCUT2D eigenvalue weighted by atomic mass is 10.0. The van der Waals surface area contributed by atoms with Gasteiger partial charge in [0.25, 0.3) is 5.91 Å². The largest absolute Gasteiger partial charge is 0.416 e. The van der Waals surface area contributed by atoms with Gasteiger partial charge < -0.3 is 10.2 Å². The van der Waals surface area contributed by atoms with E-state index in [1.165, 1.54) is 24.3 Å². The van der Waals surface area contributed by atoms with Crippen molar-refractivity contribution in [3.63, 3.8) is 0 Å². The number of carbonyl (C=O) groups is 1. The van der Waals surface area contributed by atoms with Crippen molar-refractivity contribution in [3.8, 4) is 11.3 Å². The third-order valence-electron chi connectivity index (χ3n) is 6.39. The number of carbonyl (C=O) groups excluding carboxylic acids is 1. The molecule has 5 nitrogen and oxygen atoms in total. The van der Waals surface area contributed by atoms with Crippen molar-refractivity contribution in [2.75, 3.05) is 18.0 Å². The summed E-state index contributed by atoms with van der Waals surface area (Å²) in [7, 11) is 0. The first-order valence-electron chi connectivity index (χ1n) is 11.5. The van der Waals surface area contributed by atoms with Crippen molar-refractivity contribution in [2.24, 2.45) is 0 Å². The molecule has 0 saturated carbocycles. The van der Waals surface area contributed by atoms with Gasteiger partial charge in [-0.3, -0.25) is 4.79 Å². The Labute approximate surface area is 216 Å². The zero-order valence-corrected chi connectivity index (χ0v) is 20.3. The van der Waals surface area contributed by atoms with Gasteiger partial charge in [0.05, 0.1) is 5.56 Å². The zero-order chi connectivity index (χ0) is 25.3. The lowest BCUT2D eigenvalue weighted by Crippen LogP contribution is -2.45. The van der Waals surface area contributed by atoms with E-state index >= 15 is 0 Å². The molecular weight excluding hydrogens is 508 g/mol. The molecule has 0 bridgehead atoms. The number of amides is 1. The van der Waals surface area contributed by atoms with E-state index in [0.717, 1.165) is 34.3 Å². The molecule has 5 rings (SSSR count). The molecule has 3 aromatic carbocycles. The highest BCUT2D eigenvalue weighted by Gasteiger charge is 2.30. The van der Waals surface area contributed by atoms with Gasteiger partial charge in [-0.1, -0.05) is 24.3 Å². The fourth-order valence-electron chi connectivity index (χ4n) is 4.46. The second-order valence-electron chi connectivity index (χ2n) is 8.73. The van der Waals surface area contributed by atoms with Crippen LogP contribution in [0.2, 0.25) is 0 Å². The van der Waals surface area contributed by atoms with E-state index in [1.807, 2.05) is 24.3 Å². The molecule has 0 unspecified atom stereocenters. The zero-order valence-electron chi connectivity index (χ0n) is 19.5. The molecule has 1 aliphatic rings. The Morgan fingerprint density at radius 1 is 0.865 bits per heavy atom. The summed E-state index contributed by atoms with van der Waals surface area (Å²) in [6.07, 6.45) is -3.13. The van der Waals surface area contributed by atoms with Gasteiger partial charge in [0.15, 0.2) is 5.82 Å². The average molecular weight is 531 g/mol. The molecule has 0 spiro atoms. The van der Waals surface area contributed by atoms with Crippen molar-refractivity contribution in [1.29, 1.82) is 0 Å². The number of hydrogen-bond donors (Lipinski definition) is 1. The summed E-state index contributed by atoms with van der Waals surface area (Å²) in [6, 6.07) is 18.0. The molecule has 1 N–H and O–H groups in total. The maximum Gasteiger partial charge on any atom is 0.416 e. The molecule has 10 heteroatoms. The number of halogens is 5. The van der Waals surface area contributed by atoms with Crippen LogP contribution in [0.5, 0.6) is 0 Å². The Morgan fingerprint density at radius 2 is 1.49 bits per heavy atom. The molecule has 0 radical (unpaired) electrons. The van der Waals surface area contributed by atoms with Crippen molar-refractivity contribution in [2.45, 2.75) is 25.1 Å². The Kier molecular flexibility index (Phi) is 7.63. The molecule has 2 heterocycles. The van der Waals surface area contributed by atoms with Crippen LogP contribution in [0, 0.1) is 5.82 Å². The third kappa shape index (κ3) is 5.67. The predicted octanol–water partition coefficient (Wildman–Crippen LogP) is 6.28. The van der Waals surface area contributed by atoms with Crippen LogP contribution in [-0.2, 0) is 6.18 Å². The van der Waals surface area contributed by atoms with Crippen molar-refractivity contribution in [3.05, 3.63) is 89.7 Å². The van der Waals surface area contributed by atoms with E-state index in [2.05, 4.69) is 20.4 Å². The summed E-state index contributed by atoms with van der Waals surface area (Å²) in [5, 5.41) is 13.7. The number of nitrogens with one attached hydrogen (secondary N) is 1. The van der Waals surface area contributed by atoms with Crippen LogP contribution in [-0.4, -0.2) is 35.2 Å². The third-order valence-corrected chi connectivity index (χ3v) is 6.39. The number of alkyl halides is 3. The molecule has 1 amide bonds. The van der Waals surface area contributed by atoms with Crippen LogP contribution in [0.4, 0.5) is 23.4 Å². The summed E-state index contributed by atoms with van der Waals surface area (Å²) < 4.78 is 51.7.